The van der Waals surface area contributed by atoms with Crippen molar-refractivity contribution in [2.24, 2.45) is 0 Å². The molecule has 0 bridgehead atoms. The molecule has 0 atom stereocenters. The molecule has 0 unspecified atom stereocenters. The van der Waals surface area contributed by atoms with Crippen LogP contribution in [0.25, 0.3) is 0 Å². The number of nitrogens with one attached hydrogen (secondary N) is 1. The Hall–Kier alpha value is -2.51. The zero-order valence-electron chi connectivity index (χ0n) is 12.1. The standard InChI is InChI=1S/C14H18N6O2/c21-13(8-20-10-15-9-18-20)19-11-2-4-12(5-3-11)22-14-16-6-1-7-17-14/h1,6-7,9-12H,2-5,8H2,(H,19,21). The van der Waals surface area contributed by atoms with Crippen LogP contribution < -0.4 is 10.1 Å². The Morgan fingerprint density at radius 3 is 2.73 bits per heavy atom. The topological polar surface area (TPSA) is 94.8 Å². The molecule has 8 heteroatoms. The van der Waals surface area contributed by atoms with Crippen molar-refractivity contribution in [3.63, 3.8) is 0 Å². The van der Waals surface area contributed by atoms with Crippen LogP contribution in [0, 0.1) is 0 Å². The molecular formula is C14H18N6O2. The lowest BCUT2D eigenvalue weighted by molar-refractivity contribution is -0.122. The Bertz CT molecular complexity index is 581. The quantitative estimate of drug-likeness (QED) is 0.868. The van der Waals surface area contributed by atoms with Crippen LogP contribution in [-0.2, 0) is 11.3 Å². The maximum Gasteiger partial charge on any atom is 0.316 e. The van der Waals surface area contributed by atoms with Gasteiger partial charge in [0.1, 0.15) is 25.3 Å². The van der Waals surface area contributed by atoms with Crippen LogP contribution in [0.5, 0.6) is 6.01 Å². The minimum Gasteiger partial charge on any atom is -0.460 e. The first-order valence-electron chi connectivity index (χ1n) is 7.35. The fourth-order valence-electron chi connectivity index (χ4n) is 2.56. The van der Waals surface area contributed by atoms with Crippen molar-refractivity contribution in [1.29, 1.82) is 0 Å². The summed E-state index contributed by atoms with van der Waals surface area (Å²) in [6.07, 6.45) is 9.94. The van der Waals surface area contributed by atoms with Crippen molar-refractivity contribution < 1.29 is 9.53 Å². The van der Waals surface area contributed by atoms with Gasteiger partial charge in [-0.05, 0) is 31.7 Å². The third-order valence-corrected chi connectivity index (χ3v) is 3.63. The van der Waals surface area contributed by atoms with Crippen LogP contribution in [0.15, 0.2) is 31.1 Å². The highest BCUT2D eigenvalue weighted by atomic mass is 16.5. The molecule has 0 aromatic carbocycles. The number of amides is 1. The Balaban J connectivity index is 1.41. The van der Waals surface area contributed by atoms with Crippen LogP contribution in [0.1, 0.15) is 25.7 Å². The van der Waals surface area contributed by atoms with Gasteiger partial charge in [0.15, 0.2) is 0 Å². The van der Waals surface area contributed by atoms with Crippen LogP contribution in [0.4, 0.5) is 0 Å². The van der Waals surface area contributed by atoms with Gasteiger partial charge in [-0.3, -0.25) is 4.79 Å². The predicted octanol–water partition coefficient (Wildman–Crippen LogP) is 0.574. The molecule has 1 aliphatic carbocycles. The molecule has 1 N–H and O–H groups in total. The van der Waals surface area contributed by atoms with Gasteiger partial charge in [-0.15, -0.1) is 0 Å². The van der Waals surface area contributed by atoms with Crippen LogP contribution in [0.2, 0.25) is 0 Å². The van der Waals surface area contributed by atoms with E-state index < -0.39 is 0 Å². The highest BCUT2D eigenvalue weighted by Gasteiger charge is 2.24. The average molecular weight is 302 g/mol. The van der Waals surface area contributed by atoms with E-state index in [2.05, 4.69) is 25.4 Å². The van der Waals surface area contributed by atoms with E-state index in [1.807, 2.05) is 0 Å². The number of aromatic nitrogens is 5. The second-order valence-electron chi connectivity index (χ2n) is 5.28. The van der Waals surface area contributed by atoms with E-state index in [-0.39, 0.29) is 24.6 Å². The smallest absolute Gasteiger partial charge is 0.316 e. The van der Waals surface area contributed by atoms with E-state index in [9.17, 15) is 4.79 Å². The minimum atomic E-state index is -0.0405. The van der Waals surface area contributed by atoms with Crippen molar-refractivity contribution in [2.75, 3.05) is 0 Å². The molecule has 1 amide bonds. The number of carbonyl (C=O) groups excluding carboxylic acids is 1. The summed E-state index contributed by atoms with van der Waals surface area (Å²) in [4.78, 5) is 23.8. The molecule has 8 nitrogen and oxygen atoms in total. The molecule has 0 spiro atoms. The van der Waals surface area contributed by atoms with E-state index in [1.165, 1.54) is 17.3 Å². The lowest BCUT2D eigenvalue weighted by Crippen LogP contribution is -2.41. The largest absolute Gasteiger partial charge is 0.460 e. The molecule has 2 aromatic heterocycles. The van der Waals surface area contributed by atoms with Gasteiger partial charge in [0.05, 0.1) is 0 Å². The van der Waals surface area contributed by atoms with Gasteiger partial charge in [-0.2, -0.15) is 5.10 Å². The normalized spacial score (nSPS) is 21.3. The summed E-state index contributed by atoms with van der Waals surface area (Å²) in [7, 11) is 0. The Morgan fingerprint density at radius 2 is 2.05 bits per heavy atom. The molecule has 0 aliphatic heterocycles. The van der Waals surface area contributed by atoms with Gasteiger partial charge in [0.2, 0.25) is 5.91 Å². The molecule has 3 rings (SSSR count). The SMILES string of the molecule is O=C(Cn1cncn1)NC1CCC(Oc2ncccn2)CC1. The van der Waals surface area contributed by atoms with Gasteiger partial charge < -0.3 is 10.1 Å². The van der Waals surface area contributed by atoms with Crippen molar-refractivity contribution in [3.05, 3.63) is 31.1 Å². The predicted molar refractivity (Wildman–Crippen MR) is 76.9 cm³/mol. The molecule has 2 aromatic rings. The monoisotopic (exact) mass is 302 g/mol. The highest BCUT2D eigenvalue weighted by molar-refractivity contribution is 5.75. The van der Waals surface area contributed by atoms with Crippen molar-refractivity contribution in [2.45, 2.75) is 44.4 Å². The third-order valence-electron chi connectivity index (χ3n) is 3.63. The molecule has 22 heavy (non-hydrogen) atoms. The Labute approximate surface area is 127 Å². The van der Waals surface area contributed by atoms with E-state index >= 15 is 0 Å². The van der Waals surface area contributed by atoms with Gasteiger partial charge in [0, 0.05) is 18.4 Å². The molecule has 2 heterocycles. The van der Waals surface area contributed by atoms with Crippen molar-refractivity contribution in [1.82, 2.24) is 30.0 Å². The first-order valence-corrected chi connectivity index (χ1v) is 7.35. The maximum atomic E-state index is 11.9. The summed E-state index contributed by atoms with van der Waals surface area (Å²) in [6.45, 7) is 0.203. The Kier molecular flexibility index (Phi) is 4.57. The number of hydrogen-bond acceptors (Lipinski definition) is 6. The second kappa shape index (κ2) is 6.97. The van der Waals surface area contributed by atoms with Gasteiger partial charge in [-0.1, -0.05) is 0 Å². The van der Waals surface area contributed by atoms with Gasteiger partial charge >= 0.3 is 6.01 Å². The van der Waals surface area contributed by atoms with Crippen molar-refractivity contribution in [3.8, 4) is 6.01 Å². The van der Waals surface area contributed by atoms with Crippen LogP contribution >= 0.6 is 0 Å². The number of rotatable bonds is 5. The maximum absolute atomic E-state index is 11.9. The number of hydrogen-bond donors (Lipinski definition) is 1. The molecule has 0 saturated heterocycles. The third kappa shape index (κ3) is 4.00. The Morgan fingerprint density at radius 1 is 1.27 bits per heavy atom. The molecule has 1 saturated carbocycles. The number of carbonyl (C=O) groups is 1. The van der Waals surface area contributed by atoms with E-state index in [0.717, 1.165) is 25.7 Å². The highest BCUT2D eigenvalue weighted by Crippen LogP contribution is 2.21. The minimum absolute atomic E-state index is 0.0405. The summed E-state index contributed by atoms with van der Waals surface area (Å²) in [5.41, 5.74) is 0. The van der Waals surface area contributed by atoms with E-state index in [0.29, 0.717) is 6.01 Å². The fraction of sp³-hybridized carbons (Fsp3) is 0.500. The van der Waals surface area contributed by atoms with E-state index in [1.54, 1.807) is 18.5 Å². The number of nitrogens with zero attached hydrogens (tertiary/aromatic N) is 5. The molecule has 0 radical (unpaired) electrons. The summed E-state index contributed by atoms with van der Waals surface area (Å²) in [5, 5.41) is 6.95. The summed E-state index contributed by atoms with van der Waals surface area (Å²) < 4.78 is 7.25. The lowest BCUT2D eigenvalue weighted by atomic mass is 9.93. The molecule has 116 valence electrons. The zero-order chi connectivity index (χ0) is 15.2. The lowest BCUT2D eigenvalue weighted by Gasteiger charge is -2.28. The average Bonchev–Trinajstić information content (AvgIpc) is 3.03. The molecule has 1 fully saturated rings. The van der Waals surface area contributed by atoms with E-state index in [4.69, 9.17) is 4.74 Å². The zero-order valence-corrected chi connectivity index (χ0v) is 12.1. The summed E-state index contributed by atoms with van der Waals surface area (Å²) in [5.74, 6) is -0.0405. The fourth-order valence-corrected chi connectivity index (χ4v) is 2.56. The molecule has 1 aliphatic rings. The summed E-state index contributed by atoms with van der Waals surface area (Å²) >= 11 is 0. The second-order valence-corrected chi connectivity index (χ2v) is 5.28. The first kappa shape index (κ1) is 14.4. The van der Waals surface area contributed by atoms with Gasteiger partial charge in [-0.25, -0.2) is 19.6 Å². The number of ether oxygens (including phenoxy) is 1. The first-order chi connectivity index (χ1) is 10.8. The molecular weight excluding hydrogens is 284 g/mol. The van der Waals surface area contributed by atoms with Crippen LogP contribution in [-0.4, -0.2) is 42.8 Å². The summed E-state index contributed by atoms with van der Waals surface area (Å²) in [6, 6.07) is 2.36. The van der Waals surface area contributed by atoms with Gasteiger partial charge in [0.25, 0.3) is 0 Å². The van der Waals surface area contributed by atoms with Crippen molar-refractivity contribution >= 4 is 5.91 Å². The van der Waals surface area contributed by atoms with Crippen LogP contribution in [0.3, 0.4) is 0 Å².